The molecule has 0 radical (unpaired) electrons. The lowest BCUT2D eigenvalue weighted by Crippen LogP contribution is -2.52. The fourth-order valence-electron chi connectivity index (χ4n) is 3.93. The summed E-state index contributed by atoms with van der Waals surface area (Å²) in [6.45, 7) is 2.39. The molecule has 21 heavy (non-hydrogen) atoms. The lowest BCUT2D eigenvalue weighted by molar-refractivity contribution is -0.152. The van der Waals surface area contributed by atoms with Gasteiger partial charge >= 0.3 is 5.97 Å². The smallest absolute Gasteiger partial charge is 0.306 e. The Balaban J connectivity index is 1.77. The van der Waals surface area contributed by atoms with Gasteiger partial charge in [-0.25, -0.2) is 0 Å². The monoisotopic (exact) mass is 291 g/mol. The van der Waals surface area contributed by atoms with Gasteiger partial charge < -0.3 is 10.0 Å². The maximum absolute atomic E-state index is 12.7. The number of carbonyl (C=O) groups is 2. The number of carboxylic acids is 1. The van der Waals surface area contributed by atoms with E-state index in [1.165, 1.54) is 0 Å². The predicted octanol–water partition coefficient (Wildman–Crippen LogP) is 1.55. The maximum atomic E-state index is 12.7. The minimum atomic E-state index is -0.709. The second-order valence-electron chi connectivity index (χ2n) is 6.09. The molecule has 4 unspecified atom stereocenters. The molecule has 2 heterocycles. The Morgan fingerprint density at radius 3 is 2.81 bits per heavy atom. The van der Waals surface area contributed by atoms with Gasteiger partial charge in [-0.15, -0.1) is 0 Å². The van der Waals surface area contributed by atoms with Gasteiger partial charge in [0.05, 0.1) is 5.92 Å². The van der Waals surface area contributed by atoms with Crippen molar-refractivity contribution in [3.05, 3.63) is 18.5 Å². The van der Waals surface area contributed by atoms with Crippen LogP contribution in [0.2, 0.25) is 0 Å². The molecule has 1 amide bonds. The van der Waals surface area contributed by atoms with Crippen molar-refractivity contribution in [3.8, 4) is 0 Å². The standard InChI is InChI=1S/C15H21N3O3/c1-10(18-8-3-7-16-18)14(19)17-9-6-12(15(20)21)11-4-2-5-13(11)17/h3,7-8,10-13H,2,4-6,9H2,1H3,(H,20,21). The summed E-state index contributed by atoms with van der Waals surface area (Å²) in [5.74, 6) is -0.829. The normalized spacial score (nSPS) is 30.0. The SMILES string of the molecule is CC(C(=O)N1CCC(C(=O)O)C2CCCC21)n1cccn1. The average Bonchev–Trinajstić information content (AvgIpc) is 3.15. The highest BCUT2D eigenvalue weighted by Crippen LogP contribution is 2.41. The van der Waals surface area contributed by atoms with Crippen LogP contribution in [0, 0.1) is 11.8 Å². The van der Waals surface area contributed by atoms with Gasteiger partial charge in [0.2, 0.25) is 5.91 Å². The summed E-state index contributed by atoms with van der Waals surface area (Å²) in [4.78, 5) is 26.0. The first-order chi connectivity index (χ1) is 10.1. The maximum Gasteiger partial charge on any atom is 0.306 e. The summed E-state index contributed by atoms with van der Waals surface area (Å²) in [7, 11) is 0. The summed E-state index contributed by atoms with van der Waals surface area (Å²) in [6.07, 6.45) is 6.87. The first kappa shape index (κ1) is 14.1. The average molecular weight is 291 g/mol. The van der Waals surface area contributed by atoms with E-state index in [0.717, 1.165) is 19.3 Å². The zero-order valence-corrected chi connectivity index (χ0v) is 12.2. The van der Waals surface area contributed by atoms with Crippen molar-refractivity contribution in [3.63, 3.8) is 0 Å². The van der Waals surface area contributed by atoms with Crippen LogP contribution in [0.4, 0.5) is 0 Å². The molecule has 4 atom stereocenters. The number of nitrogens with zero attached hydrogens (tertiary/aromatic N) is 3. The summed E-state index contributed by atoms with van der Waals surface area (Å²) in [6, 6.07) is 1.56. The quantitative estimate of drug-likeness (QED) is 0.916. The molecule has 2 aliphatic rings. The van der Waals surface area contributed by atoms with Gasteiger partial charge in [-0.3, -0.25) is 14.3 Å². The number of rotatable bonds is 3. The molecule has 1 saturated heterocycles. The van der Waals surface area contributed by atoms with E-state index in [2.05, 4.69) is 5.10 Å². The van der Waals surface area contributed by atoms with Gasteiger partial charge in [-0.05, 0) is 38.2 Å². The zero-order valence-electron chi connectivity index (χ0n) is 12.2. The minimum Gasteiger partial charge on any atom is -0.481 e. The number of aliphatic carboxylic acids is 1. The number of hydrogen-bond donors (Lipinski definition) is 1. The highest BCUT2D eigenvalue weighted by molar-refractivity contribution is 5.81. The molecule has 1 aromatic heterocycles. The topological polar surface area (TPSA) is 75.4 Å². The Bertz CT molecular complexity index is 528. The van der Waals surface area contributed by atoms with Crippen LogP contribution in [0.15, 0.2) is 18.5 Å². The molecule has 1 aliphatic carbocycles. The fourth-order valence-corrected chi connectivity index (χ4v) is 3.93. The van der Waals surface area contributed by atoms with E-state index < -0.39 is 5.97 Å². The Morgan fingerprint density at radius 2 is 2.14 bits per heavy atom. The first-order valence-corrected chi connectivity index (χ1v) is 7.62. The second kappa shape index (κ2) is 5.50. The summed E-state index contributed by atoms with van der Waals surface area (Å²) < 4.78 is 1.66. The van der Waals surface area contributed by atoms with Gasteiger partial charge in [-0.2, -0.15) is 5.10 Å². The number of fused-ring (bicyclic) bond motifs is 1. The minimum absolute atomic E-state index is 0.0550. The van der Waals surface area contributed by atoms with Gasteiger partial charge in [0.25, 0.3) is 0 Å². The van der Waals surface area contributed by atoms with Crippen LogP contribution in [0.5, 0.6) is 0 Å². The van der Waals surface area contributed by atoms with Crippen LogP contribution in [0.25, 0.3) is 0 Å². The lowest BCUT2D eigenvalue weighted by atomic mass is 9.81. The lowest BCUT2D eigenvalue weighted by Gasteiger charge is -2.42. The third-order valence-corrected chi connectivity index (χ3v) is 5.01. The summed E-state index contributed by atoms with van der Waals surface area (Å²) in [5, 5.41) is 13.5. The highest BCUT2D eigenvalue weighted by Gasteiger charge is 2.46. The third-order valence-electron chi connectivity index (χ3n) is 5.01. The number of carboxylic acid groups (broad SMARTS) is 1. The molecule has 2 fully saturated rings. The molecule has 1 aromatic rings. The van der Waals surface area contributed by atoms with E-state index in [-0.39, 0.29) is 29.8 Å². The number of hydrogen-bond acceptors (Lipinski definition) is 3. The van der Waals surface area contributed by atoms with E-state index >= 15 is 0 Å². The van der Waals surface area contributed by atoms with Gasteiger partial charge in [0.15, 0.2) is 0 Å². The molecule has 1 aliphatic heterocycles. The van der Waals surface area contributed by atoms with E-state index in [9.17, 15) is 14.7 Å². The van der Waals surface area contributed by atoms with Crippen LogP contribution in [0.1, 0.15) is 38.6 Å². The largest absolute Gasteiger partial charge is 0.481 e. The van der Waals surface area contributed by atoms with Crippen molar-refractivity contribution in [2.45, 2.75) is 44.7 Å². The number of aromatic nitrogens is 2. The Morgan fingerprint density at radius 1 is 1.33 bits per heavy atom. The fraction of sp³-hybridized carbons (Fsp3) is 0.667. The molecule has 3 rings (SSSR count). The van der Waals surface area contributed by atoms with Gasteiger partial charge in [0, 0.05) is 25.0 Å². The second-order valence-corrected chi connectivity index (χ2v) is 6.09. The Hall–Kier alpha value is -1.85. The Kier molecular flexibility index (Phi) is 3.69. The number of piperidine rings is 1. The van der Waals surface area contributed by atoms with Crippen molar-refractivity contribution < 1.29 is 14.7 Å². The molecule has 0 bridgehead atoms. The van der Waals surface area contributed by atoms with Crippen molar-refractivity contribution in [1.29, 1.82) is 0 Å². The predicted molar refractivity (Wildman–Crippen MR) is 75.5 cm³/mol. The molecule has 1 saturated carbocycles. The molecule has 0 aromatic carbocycles. The first-order valence-electron chi connectivity index (χ1n) is 7.62. The molecular formula is C15H21N3O3. The Labute approximate surface area is 123 Å². The third kappa shape index (κ3) is 2.43. The highest BCUT2D eigenvalue weighted by atomic mass is 16.4. The van der Waals surface area contributed by atoms with Crippen LogP contribution < -0.4 is 0 Å². The number of likely N-dealkylation sites (tertiary alicyclic amines) is 1. The molecule has 1 N–H and O–H groups in total. The van der Waals surface area contributed by atoms with Crippen LogP contribution >= 0.6 is 0 Å². The molecule has 114 valence electrons. The molecule has 6 heteroatoms. The van der Waals surface area contributed by atoms with E-state index in [1.807, 2.05) is 11.8 Å². The van der Waals surface area contributed by atoms with Crippen LogP contribution in [-0.2, 0) is 9.59 Å². The van der Waals surface area contributed by atoms with Crippen molar-refractivity contribution in [2.24, 2.45) is 11.8 Å². The van der Waals surface area contributed by atoms with E-state index in [1.54, 1.807) is 23.1 Å². The van der Waals surface area contributed by atoms with Crippen molar-refractivity contribution in [1.82, 2.24) is 14.7 Å². The van der Waals surface area contributed by atoms with Crippen molar-refractivity contribution >= 4 is 11.9 Å². The van der Waals surface area contributed by atoms with Gasteiger partial charge in [-0.1, -0.05) is 6.42 Å². The van der Waals surface area contributed by atoms with Gasteiger partial charge in [0.1, 0.15) is 6.04 Å². The van der Waals surface area contributed by atoms with Crippen LogP contribution in [-0.4, -0.2) is 44.3 Å². The molecular weight excluding hydrogens is 270 g/mol. The molecule has 0 spiro atoms. The van der Waals surface area contributed by atoms with E-state index in [0.29, 0.717) is 13.0 Å². The number of carbonyl (C=O) groups excluding carboxylic acids is 1. The summed E-state index contributed by atoms with van der Waals surface area (Å²) >= 11 is 0. The number of amides is 1. The van der Waals surface area contributed by atoms with Crippen LogP contribution in [0.3, 0.4) is 0 Å². The van der Waals surface area contributed by atoms with E-state index in [4.69, 9.17) is 0 Å². The molecule has 6 nitrogen and oxygen atoms in total. The summed E-state index contributed by atoms with van der Waals surface area (Å²) in [5.41, 5.74) is 0. The van der Waals surface area contributed by atoms with Crippen molar-refractivity contribution in [2.75, 3.05) is 6.54 Å². The zero-order chi connectivity index (χ0) is 15.0.